The Morgan fingerprint density at radius 2 is 1.88 bits per heavy atom. The molecule has 1 N–H and O–H groups in total. The highest BCUT2D eigenvalue weighted by atomic mass is 16.6. The Labute approximate surface area is 145 Å². The Hall–Kier alpha value is -2.87. The third-order valence-corrected chi connectivity index (χ3v) is 4.21. The van der Waals surface area contributed by atoms with Crippen molar-refractivity contribution in [3.63, 3.8) is 0 Å². The molecule has 25 heavy (non-hydrogen) atoms. The van der Waals surface area contributed by atoms with Gasteiger partial charge < -0.3 is 14.6 Å². The van der Waals surface area contributed by atoms with Crippen LogP contribution in [-0.4, -0.2) is 48.5 Å². The summed E-state index contributed by atoms with van der Waals surface area (Å²) in [6.07, 6.45) is 1.58. The molecule has 1 saturated heterocycles. The first-order valence-corrected chi connectivity index (χ1v) is 8.12. The molecule has 0 atom stereocenters. The number of nitrogens with one attached hydrogen (secondary N) is 1. The first-order chi connectivity index (χ1) is 12.1. The smallest absolute Gasteiger partial charge is 0.269 e. The van der Waals surface area contributed by atoms with E-state index in [2.05, 4.69) is 15.1 Å². The molecule has 3 rings (SSSR count). The minimum atomic E-state index is -0.400. The number of non-ortho nitro benzene ring substituents is 1. The van der Waals surface area contributed by atoms with Gasteiger partial charge in [-0.3, -0.25) is 19.8 Å². The van der Waals surface area contributed by atoms with Crippen molar-refractivity contribution >= 4 is 17.3 Å². The van der Waals surface area contributed by atoms with Gasteiger partial charge in [0.25, 0.3) is 5.69 Å². The lowest BCUT2D eigenvalue weighted by Crippen LogP contribution is -2.49. The zero-order valence-corrected chi connectivity index (χ0v) is 13.8. The summed E-state index contributed by atoms with van der Waals surface area (Å²) < 4.78 is 5.18. The summed E-state index contributed by atoms with van der Waals surface area (Å²) in [5.41, 5.74) is 1.06. The zero-order valence-electron chi connectivity index (χ0n) is 13.8. The van der Waals surface area contributed by atoms with E-state index in [1.54, 1.807) is 24.5 Å². The standard InChI is InChI=1S/C17H20N4O4/c22-17(18-12-16-2-1-11-25-16)13-19-7-9-20(10-8-19)14-3-5-15(6-4-14)21(23)24/h1-6,11H,7-10,12-13H2,(H,18,22). The Kier molecular flexibility index (Phi) is 5.30. The summed E-state index contributed by atoms with van der Waals surface area (Å²) in [7, 11) is 0. The molecule has 8 nitrogen and oxygen atoms in total. The first-order valence-electron chi connectivity index (χ1n) is 8.12. The number of carbonyl (C=O) groups is 1. The molecule has 132 valence electrons. The molecule has 0 spiro atoms. The molecule has 1 aliphatic rings. The maximum atomic E-state index is 12.0. The van der Waals surface area contributed by atoms with Crippen molar-refractivity contribution in [3.05, 3.63) is 58.5 Å². The van der Waals surface area contributed by atoms with Crippen LogP contribution in [0.1, 0.15) is 5.76 Å². The molecule has 0 unspecified atom stereocenters. The Balaban J connectivity index is 1.43. The fourth-order valence-electron chi connectivity index (χ4n) is 2.81. The molecule has 0 aliphatic carbocycles. The van der Waals surface area contributed by atoms with Crippen molar-refractivity contribution < 1.29 is 14.1 Å². The summed E-state index contributed by atoms with van der Waals surface area (Å²) >= 11 is 0. The van der Waals surface area contributed by atoms with Gasteiger partial charge in [-0.05, 0) is 24.3 Å². The van der Waals surface area contributed by atoms with Crippen LogP contribution in [0.25, 0.3) is 0 Å². The summed E-state index contributed by atoms with van der Waals surface area (Å²) in [6.45, 7) is 3.85. The van der Waals surface area contributed by atoms with Crippen molar-refractivity contribution in [1.29, 1.82) is 0 Å². The van der Waals surface area contributed by atoms with Gasteiger partial charge in [-0.25, -0.2) is 0 Å². The van der Waals surface area contributed by atoms with Crippen LogP contribution in [-0.2, 0) is 11.3 Å². The molecule has 1 aliphatic heterocycles. The number of nitrogens with zero attached hydrogens (tertiary/aromatic N) is 3. The molecule has 1 amide bonds. The molecular formula is C17H20N4O4. The quantitative estimate of drug-likeness (QED) is 0.632. The summed E-state index contributed by atoms with van der Waals surface area (Å²) in [4.78, 5) is 26.6. The maximum absolute atomic E-state index is 12.0. The third kappa shape index (κ3) is 4.57. The van der Waals surface area contributed by atoms with E-state index < -0.39 is 4.92 Å². The number of nitro groups is 1. The van der Waals surface area contributed by atoms with E-state index in [-0.39, 0.29) is 11.6 Å². The SMILES string of the molecule is O=C(CN1CCN(c2ccc([N+](=O)[O-])cc2)CC1)NCc1ccco1. The Bertz CT molecular complexity index is 707. The van der Waals surface area contributed by atoms with Crippen molar-refractivity contribution in [2.75, 3.05) is 37.6 Å². The van der Waals surface area contributed by atoms with Crippen molar-refractivity contribution in [2.45, 2.75) is 6.54 Å². The highest BCUT2D eigenvalue weighted by Gasteiger charge is 2.19. The van der Waals surface area contributed by atoms with Gasteiger partial charge in [0.1, 0.15) is 5.76 Å². The molecule has 2 heterocycles. The second-order valence-electron chi connectivity index (χ2n) is 5.89. The van der Waals surface area contributed by atoms with Crippen LogP contribution in [0.2, 0.25) is 0 Å². The molecule has 0 radical (unpaired) electrons. The molecule has 0 saturated carbocycles. The molecule has 8 heteroatoms. The molecule has 1 fully saturated rings. The van der Waals surface area contributed by atoms with Crippen LogP contribution < -0.4 is 10.2 Å². The maximum Gasteiger partial charge on any atom is 0.269 e. The van der Waals surface area contributed by atoms with Crippen molar-refractivity contribution in [2.24, 2.45) is 0 Å². The number of piperazine rings is 1. The van der Waals surface area contributed by atoms with Gasteiger partial charge in [-0.1, -0.05) is 0 Å². The van der Waals surface area contributed by atoms with Crippen LogP contribution in [0.5, 0.6) is 0 Å². The monoisotopic (exact) mass is 344 g/mol. The largest absolute Gasteiger partial charge is 0.467 e. The zero-order chi connectivity index (χ0) is 17.6. The van der Waals surface area contributed by atoms with Gasteiger partial charge in [0.2, 0.25) is 5.91 Å². The Morgan fingerprint density at radius 1 is 1.16 bits per heavy atom. The van der Waals surface area contributed by atoms with Gasteiger partial charge in [-0.15, -0.1) is 0 Å². The summed E-state index contributed by atoms with van der Waals surface area (Å²) in [5, 5.41) is 13.5. The van der Waals surface area contributed by atoms with Crippen molar-refractivity contribution in [3.8, 4) is 0 Å². The fraction of sp³-hybridized carbons (Fsp3) is 0.353. The van der Waals surface area contributed by atoms with Gasteiger partial charge in [-0.2, -0.15) is 0 Å². The molecule has 1 aromatic carbocycles. The van der Waals surface area contributed by atoms with Crippen LogP contribution in [0, 0.1) is 10.1 Å². The van der Waals surface area contributed by atoms with Gasteiger partial charge in [0, 0.05) is 44.0 Å². The number of furan rings is 1. The number of carbonyl (C=O) groups excluding carboxylic acids is 1. The van der Waals surface area contributed by atoms with Crippen LogP contribution in [0.4, 0.5) is 11.4 Å². The number of amides is 1. The normalized spacial score (nSPS) is 15.1. The number of nitro benzene ring substituents is 1. The minimum Gasteiger partial charge on any atom is -0.467 e. The highest BCUT2D eigenvalue weighted by Crippen LogP contribution is 2.20. The van der Waals surface area contributed by atoms with Crippen LogP contribution in [0.15, 0.2) is 47.1 Å². The van der Waals surface area contributed by atoms with E-state index in [1.807, 2.05) is 6.07 Å². The average molecular weight is 344 g/mol. The van der Waals surface area contributed by atoms with E-state index in [0.717, 1.165) is 37.6 Å². The van der Waals surface area contributed by atoms with E-state index in [0.29, 0.717) is 13.1 Å². The van der Waals surface area contributed by atoms with Gasteiger partial charge in [0.15, 0.2) is 0 Å². The van der Waals surface area contributed by atoms with Gasteiger partial charge in [0.05, 0.1) is 24.3 Å². The number of rotatable bonds is 6. The molecule has 1 aromatic heterocycles. The second-order valence-corrected chi connectivity index (χ2v) is 5.89. The van der Waals surface area contributed by atoms with E-state index in [9.17, 15) is 14.9 Å². The fourth-order valence-corrected chi connectivity index (χ4v) is 2.81. The van der Waals surface area contributed by atoms with E-state index >= 15 is 0 Å². The van der Waals surface area contributed by atoms with Gasteiger partial charge >= 0.3 is 0 Å². The number of hydrogen-bond donors (Lipinski definition) is 1. The lowest BCUT2D eigenvalue weighted by atomic mass is 10.2. The van der Waals surface area contributed by atoms with Crippen molar-refractivity contribution in [1.82, 2.24) is 10.2 Å². The Morgan fingerprint density at radius 3 is 2.48 bits per heavy atom. The second kappa shape index (κ2) is 7.80. The first kappa shape index (κ1) is 17.0. The molecular weight excluding hydrogens is 324 g/mol. The predicted octanol–water partition coefficient (Wildman–Crippen LogP) is 1.63. The number of anilines is 1. The summed E-state index contributed by atoms with van der Waals surface area (Å²) in [6, 6.07) is 10.2. The lowest BCUT2D eigenvalue weighted by molar-refractivity contribution is -0.384. The van der Waals surface area contributed by atoms with Crippen LogP contribution >= 0.6 is 0 Å². The van der Waals surface area contributed by atoms with Crippen LogP contribution in [0.3, 0.4) is 0 Å². The van der Waals surface area contributed by atoms with E-state index in [1.165, 1.54) is 12.1 Å². The highest BCUT2D eigenvalue weighted by molar-refractivity contribution is 5.78. The average Bonchev–Trinajstić information content (AvgIpc) is 3.14. The predicted molar refractivity (Wildman–Crippen MR) is 92.3 cm³/mol. The molecule has 0 bridgehead atoms. The number of hydrogen-bond acceptors (Lipinski definition) is 6. The van der Waals surface area contributed by atoms with E-state index in [4.69, 9.17) is 4.42 Å². The topological polar surface area (TPSA) is 91.9 Å². The number of benzene rings is 1. The molecule has 2 aromatic rings. The minimum absolute atomic E-state index is 0.0276. The third-order valence-electron chi connectivity index (χ3n) is 4.21. The summed E-state index contributed by atoms with van der Waals surface area (Å²) in [5.74, 6) is 0.705. The lowest BCUT2D eigenvalue weighted by Gasteiger charge is -2.35.